The van der Waals surface area contributed by atoms with Gasteiger partial charge in [0.1, 0.15) is 0 Å². The van der Waals surface area contributed by atoms with Crippen LogP contribution in [-0.4, -0.2) is 63.0 Å². The maximum absolute atomic E-state index is 5.68. The normalized spacial score (nSPS) is 31.9. The van der Waals surface area contributed by atoms with Gasteiger partial charge in [0.25, 0.3) is 0 Å². The Labute approximate surface area is 105 Å². The molecule has 0 aromatic rings. The Hall–Kier alpha value is -0.160. The smallest absolute Gasteiger partial charge is 0.0702 e. The van der Waals surface area contributed by atoms with E-state index in [4.69, 9.17) is 9.47 Å². The molecule has 2 heterocycles. The minimum atomic E-state index is 0.456. The van der Waals surface area contributed by atoms with Gasteiger partial charge in [0.15, 0.2) is 0 Å². The Morgan fingerprint density at radius 1 is 1.41 bits per heavy atom. The van der Waals surface area contributed by atoms with E-state index in [0.29, 0.717) is 18.2 Å². The van der Waals surface area contributed by atoms with Gasteiger partial charge in [-0.05, 0) is 33.2 Å². The summed E-state index contributed by atoms with van der Waals surface area (Å²) < 4.78 is 11.2. The second-order valence-electron chi connectivity index (χ2n) is 5.39. The van der Waals surface area contributed by atoms with Crippen LogP contribution in [0.4, 0.5) is 0 Å². The number of hydrogen-bond donors (Lipinski definition) is 1. The topological polar surface area (TPSA) is 33.7 Å². The Kier molecular flexibility index (Phi) is 5.22. The summed E-state index contributed by atoms with van der Waals surface area (Å²) >= 11 is 0. The molecule has 0 radical (unpaired) electrons. The highest BCUT2D eigenvalue weighted by molar-refractivity contribution is 4.78. The Morgan fingerprint density at radius 2 is 2.29 bits per heavy atom. The summed E-state index contributed by atoms with van der Waals surface area (Å²) in [6, 6.07) is 1.10. The molecule has 100 valence electrons. The lowest BCUT2D eigenvalue weighted by Crippen LogP contribution is -2.46. The van der Waals surface area contributed by atoms with Gasteiger partial charge >= 0.3 is 0 Å². The molecule has 2 rings (SSSR count). The summed E-state index contributed by atoms with van der Waals surface area (Å²) in [6.45, 7) is 7.02. The van der Waals surface area contributed by atoms with Crippen LogP contribution in [0.5, 0.6) is 0 Å². The molecule has 0 saturated carbocycles. The molecule has 3 atom stereocenters. The maximum atomic E-state index is 5.68. The predicted molar refractivity (Wildman–Crippen MR) is 68.3 cm³/mol. The number of rotatable bonds is 5. The van der Waals surface area contributed by atoms with E-state index in [-0.39, 0.29) is 0 Å². The molecule has 2 saturated heterocycles. The first-order valence-corrected chi connectivity index (χ1v) is 6.88. The molecule has 2 aliphatic heterocycles. The van der Waals surface area contributed by atoms with Gasteiger partial charge in [-0.3, -0.25) is 0 Å². The highest BCUT2D eigenvalue weighted by Gasteiger charge is 2.22. The molecular weight excluding hydrogens is 216 g/mol. The van der Waals surface area contributed by atoms with Crippen molar-refractivity contribution in [2.24, 2.45) is 0 Å². The molecule has 0 aromatic carbocycles. The lowest BCUT2D eigenvalue weighted by atomic mass is 10.1. The van der Waals surface area contributed by atoms with Gasteiger partial charge in [-0.1, -0.05) is 0 Å². The molecule has 3 unspecified atom stereocenters. The Bertz CT molecular complexity index is 213. The fourth-order valence-corrected chi connectivity index (χ4v) is 2.65. The van der Waals surface area contributed by atoms with Gasteiger partial charge in [-0.2, -0.15) is 0 Å². The third-order valence-electron chi connectivity index (χ3n) is 3.89. The molecule has 4 heteroatoms. The molecule has 2 aliphatic rings. The Balaban J connectivity index is 1.68. The number of nitrogens with zero attached hydrogens (tertiary/aromatic N) is 1. The second kappa shape index (κ2) is 6.69. The van der Waals surface area contributed by atoms with Crippen molar-refractivity contribution in [2.75, 3.05) is 40.0 Å². The van der Waals surface area contributed by atoms with E-state index in [1.54, 1.807) is 0 Å². The van der Waals surface area contributed by atoms with E-state index >= 15 is 0 Å². The van der Waals surface area contributed by atoms with E-state index in [1.807, 2.05) is 0 Å². The third-order valence-corrected chi connectivity index (χ3v) is 3.89. The van der Waals surface area contributed by atoms with Crippen molar-refractivity contribution in [3.05, 3.63) is 0 Å². The van der Waals surface area contributed by atoms with Crippen LogP contribution < -0.4 is 5.32 Å². The van der Waals surface area contributed by atoms with E-state index in [2.05, 4.69) is 24.2 Å². The number of likely N-dealkylation sites (N-methyl/N-ethyl adjacent to an activating group) is 1. The minimum absolute atomic E-state index is 0.456. The monoisotopic (exact) mass is 242 g/mol. The van der Waals surface area contributed by atoms with Crippen LogP contribution in [0.2, 0.25) is 0 Å². The summed E-state index contributed by atoms with van der Waals surface area (Å²) in [5.74, 6) is 0. The van der Waals surface area contributed by atoms with Gasteiger partial charge in [-0.15, -0.1) is 0 Å². The molecule has 4 nitrogen and oxygen atoms in total. The average Bonchev–Trinajstić information content (AvgIpc) is 2.83. The fraction of sp³-hybridized carbons (Fsp3) is 1.00. The van der Waals surface area contributed by atoms with Gasteiger partial charge in [-0.25, -0.2) is 0 Å². The maximum Gasteiger partial charge on any atom is 0.0702 e. The van der Waals surface area contributed by atoms with Crippen molar-refractivity contribution < 1.29 is 9.47 Å². The first-order chi connectivity index (χ1) is 8.25. The summed E-state index contributed by atoms with van der Waals surface area (Å²) in [4.78, 5) is 2.42. The molecule has 0 spiro atoms. The molecule has 0 aliphatic carbocycles. The van der Waals surface area contributed by atoms with E-state index in [1.165, 1.54) is 12.8 Å². The lowest BCUT2D eigenvalue weighted by molar-refractivity contribution is 0.0484. The molecule has 0 amide bonds. The fourth-order valence-electron chi connectivity index (χ4n) is 2.65. The quantitative estimate of drug-likeness (QED) is 0.775. The standard InChI is InChI=1S/C13H26N2O2/c1-11(8-12-10-16-7-5-14-12)15(2)9-13-4-3-6-17-13/h11-14H,3-10H2,1-2H3. The van der Waals surface area contributed by atoms with Crippen LogP contribution in [0.3, 0.4) is 0 Å². The molecule has 0 aromatic heterocycles. The second-order valence-corrected chi connectivity index (χ2v) is 5.39. The summed E-state index contributed by atoms with van der Waals surface area (Å²) in [5.41, 5.74) is 0. The molecule has 0 bridgehead atoms. The van der Waals surface area contributed by atoms with Crippen LogP contribution in [-0.2, 0) is 9.47 Å². The zero-order valence-corrected chi connectivity index (χ0v) is 11.2. The summed E-state index contributed by atoms with van der Waals surface area (Å²) in [7, 11) is 2.20. The lowest BCUT2D eigenvalue weighted by Gasteiger charge is -2.32. The van der Waals surface area contributed by atoms with Gasteiger partial charge in [0.2, 0.25) is 0 Å². The number of nitrogens with one attached hydrogen (secondary N) is 1. The first kappa shape index (κ1) is 13.3. The van der Waals surface area contributed by atoms with Gasteiger partial charge in [0.05, 0.1) is 19.3 Å². The largest absolute Gasteiger partial charge is 0.379 e. The van der Waals surface area contributed by atoms with Crippen LogP contribution in [0.25, 0.3) is 0 Å². The minimum Gasteiger partial charge on any atom is -0.379 e. The van der Waals surface area contributed by atoms with E-state index < -0.39 is 0 Å². The van der Waals surface area contributed by atoms with Gasteiger partial charge in [0, 0.05) is 31.8 Å². The third kappa shape index (κ3) is 4.21. The zero-order valence-electron chi connectivity index (χ0n) is 11.2. The van der Waals surface area contributed by atoms with Crippen LogP contribution in [0.15, 0.2) is 0 Å². The SMILES string of the molecule is CC(CC1COCCN1)N(C)CC1CCCO1. The van der Waals surface area contributed by atoms with Crippen molar-refractivity contribution in [3.63, 3.8) is 0 Å². The zero-order chi connectivity index (χ0) is 12.1. The molecule has 1 N–H and O–H groups in total. The van der Waals surface area contributed by atoms with E-state index in [9.17, 15) is 0 Å². The van der Waals surface area contributed by atoms with Crippen molar-refractivity contribution in [1.29, 1.82) is 0 Å². The number of hydrogen-bond acceptors (Lipinski definition) is 4. The van der Waals surface area contributed by atoms with Gasteiger partial charge < -0.3 is 19.7 Å². The highest BCUT2D eigenvalue weighted by atomic mass is 16.5. The predicted octanol–water partition coefficient (Wildman–Crippen LogP) is 0.864. The van der Waals surface area contributed by atoms with Crippen LogP contribution in [0, 0.1) is 0 Å². The van der Waals surface area contributed by atoms with Crippen LogP contribution >= 0.6 is 0 Å². The van der Waals surface area contributed by atoms with Crippen molar-refractivity contribution in [3.8, 4) is 0 Å². The van der Waals surface area contributed by atoms with E-state index in [0.717, 1.165) is 39.3 Å². The molecule has 2 fully saturated rings. The first-order valence-electron chi connectivity index (χ1n) is 6.88. The average molecular weight is 242 g/mol. The molecule has 17 heavy (non-hydrogen) atoms. The number of ether oxygens (including phenoxy) is 2. The van der Waals surface area contributed by atoms with Crippen LogP contribution in [0.1, 0.15) is 26.2 Å². The van der Waals surface area contributed by atoms with Crippen molar-refractivity contribution in [2.45, 2.75) is 44.4 Å². The molecular formula is C13H26N2O2. The highest BCUT2D eigenvalue weighted by Crippen LogP contribution is 2.15. The summed E-state index contributed by atoms with van der Waals surface area (Å²) in [6.07, 6.45) is 4.06. The number of morpholine rings is 1. The summed E-state index contributed by atoms with van der Waals surface area (Å²) in [5, 5.41) is 3.52. The Morgan fingerprint density at radius 3 is 2.94 bits per heavy atom. The van der Waals surface area contributed by atoms with Crippen molar-refractivity contribution in [1.82, 2.24) is 10.2 Å². The van der Waals surface area contributed by atoms with Crippen molar-refractivity contribution >= 4 is 0 Å².